The highest BCUT2D eigenvalue weighted by atomic mass is 16.3. The standard InChI is InChI=1S/C18H19N3O3/c1-11-18(24)16(13(10-22)8-20-11)9-19-5-4-12-7-21-17-3-2-14(23)6-15(12)17/h2-3,6-8,10,19,21,23-24H,4-5,9H2,1H3. The van der Waals surface area contributed by atoms with Crippen molar-refractivity contribution in [1.82, 2.24) is 15.3 Å². The number of aromatic amines is 1. The lowest BCUT2D eigenvalue weighted by Gasteiger charge is -2.10. The Labute approximate surface area is 139 Å². The highest BCUT2D eigenvalue weighted by molar-refractivity contribution is 5.84. The Kier molecular flexibility index (Phi) is 4.48. The maximum absolute atomic E-state index is 11.1. The zero-order valence-corrected chi connectivity index (χ0v) is 13.3. The maximum atomic E-state index is 11.1. The molecular formula is C18H19N3O3. The van der Waals surface area contributed by atoms with Gasteiger partial charge in [0.05, 0.1) is 5.69 Å². The molecule has 0 aliphatic rings. The van der Waals surface area contributed by atoms with Crippen molar-refractivity contribution in [3.8, 4) is 11.5 Å². The van der Waals surface area contributed by atoms with Crippen LogP contribution < -0.4 is 5.32 Å². The minimum absolute atomic E-state index is 0.0594. The zero-order chi connectivity index (χ0) is 17.1. The Morgan fingerprint density at radius 1 is 1.33 bits per heavy atom. The maximum Gasteiger partial charge on any atom is 0.152 e. The number of phenols is 1. The second-order valence-electron chi connectivity index (χ2n) is 5.71. The van der Waals surface area contributed by atoms with Gasteiger partial charge in [-0.2, -0.15) is 0 Å². The Bertz CT molecular complexity index is 887. The van der Waals surface area contributed by atoms with Crippen molar-refractivity contribution in [2.45, 2.75) is 19.9 Å². The second kappa shape index (κ2) is 6.72. The molecule has 3 rings (SSSR count). The monoisotopic (exact) mass is 325 g/mol. The number of nitrogens with zero attached hydrogens (tertiary/aromatic N) is 1. The van der Waals surface area contributed by atoms with E-state index in [1.807, 2.05) is 12.3 Å². The number of aromatic hydroxyl groups is 2. The van der Waals surface area contributed by atoms with Crippen LogP contribution in [0.5, 0.6) is 11.5 Å². The van der Waals surface area contributed by atoms with Crippen LogP contribution >= 0.6 is 0 Å². The van der Waals surface area contributed by atoms with Crippen LogP contribution in [0, 0.1) is 6.92 Å². The first-order chi connectivity index (χ1) is 11.6. The van der Waals surface area contributed by atoms with Gasteiger partial charge in [0, 0.05) is 41.0 Å². The van der Waals surface area contributed by atoms with Gasteiger partial charge in [0.15, 0.2) is 6.29 Å². The summed E-state index contributed by atoms with van der Waals surface area (Å²) in [4.78, 5) is 18.2. The molecule has 6 heteroatoms. The Hall–Kier alpha value is -2.86. The highest BCUT2D eigenvalue weighted by Gasteiger charge is 2.11. The molecule has 0 aliphatic heterocycles. The van der Waals surface area contributed by atoms with E-state index in [9.17, 15) is 15.0 Å². The van der Waals surface area contributed by atoms with E-state index in [1.165, 1.54) is 6.20 Å². The van der Waals surface area contributed by atoms with Crippen LogP contribution in [-0.4, -0.2) is 33.0 Å². The van der Waals surface area contributed by atoms with Crippen LogP contribution in [-0.2, 0) is 13.0 Å². The van der Waals surface area contributed by atoms with Crippen molar-refractivity contribution in [3.63, 3.8) is 0 Å². The predicted octanol–water partition coefficient (Wildman–Crippen LogP) is 2.43. The molecule has 0 aliphatic carbocycles. The molecule has 0 bridgehead atoms. The van der Waals surface area contributed by atoms with Crippen LogP contribution in [0.15, 0.2) is 30.6 Å². The second-order valence-corrected chi connectivity index (χ2v) is 5.71. The number of rotatable bonds is 6. The number of hydrogen-bond acceptors (Lipinski definition) is 5. The van der Waals surface area contributed by atoms with Gasteiger partial charge < -0.3 is 20.5 Å². The number of aromatic nitrogens is 2. The van der Waals surface area contributed by atoms with Gasteiger partial charge in [-0.15, -0.1) is 0 Å². The molecule has 0 fully saturated rings. The van der Waals surface area contributed by atoms with Gasteiger partial charge in [0.1, 0.15) is 11.5 Å². The minimum Gasteiger partial charge on any atom is -0.508 e. The van der Waals surface area contributed by atoms with Crippen LogP contribution in [0.3, 0.4) is 0 Å². The molecule has 2 heterocycles. The van der Waals surface area contributed by atoms with Crippen molar-refractivity contribution in [3.05, 3.63) is 53.0 Å². The molecule has 0 spiro atoms. The average molecular weight is 325 g/mol. The first-order valence-corrected chi connectivity index (χ1v) is 7.72. The fraction of sp³-hybridized carbons (Fsp3) is 0.222. The third-order valence-corrected chi connectivity index (χ3v) is 4.13. The van der Waals surface area contributed by atoms with E-state index >= 15 is 0 Å². The molecule has 0 atom stereocenters. The first kappa shape index (κ1) is 16.0. The summed E-state index contributed by atoms with van der Waals surface area (Å²) in [6.45, 7) is 2.75. The van der Waals surface area contributed by atoms with Crippen molar-refractivity contribution in [2.24, 2.45) is 0 Å². The minimum atomic E-state index is 0.0594. The van der Waals surface area contributed by atoms with E-state index in [1.54, 1.807) is 19.1 Å². The van der Waals surface area contributed by atoms with Crippen LogP contribution in [0.25, 0.3) is 10.9 Å². The molecule has 3 aromatic rings. The lowest BCUT2D eigenvalue weighted by atomic mass is 10.1. The summed E-state index contributed by atoms with van der Waals surface area (Å²) in [5, 5.41) is 23.9. The quantitative estimate of drug-likeness (QED) is 0.412. The number of benzene rings is 1. The molecular weight excluding hydrogens is 306 g/mol. The van der Waals surface area contributed by atoms with Gasteiger partial charge in [-0.1, -0.05) is 0 Å². The number of pyridine rings is 1. The zero-order valence-electron chi connectivity index (χ0n) is 13.3. The van der Waals surface area contributed by atoms with Crippen molar-refractivity contribution >= 4 is 17.2 Å². The molecule has 0 saturated heterocycles. The topological polar surface area (TPSA) is 98.2 Å². The lowest BCUT2D eigenvalue weighted by molar-refractivity contribution is 0.112. The number of nitrogens with one attached hydrogen (secondary N) is 2. The summed E-state index contributed by atoms with van der Waals surface area (Å²) < 4.78 is 0. The molecule has 0 saturated carbocycles. The molecule has 0 unspecified atom stereocenters. The van der Waals surface area contributed by atoms with Crippen molar-refractivity contribution in [1.29, 1.82) is 0 Å². The normalized spacial score (nSPS) is 11.0. The van der Waals surface area contributed by atoms with Crippen LogP contribution in [0.4, 0.5) is 0 Å². The fourth-order valence-corrected chi connectivity index (χ4v) is 2.76. The third-order valence-electron chi connectivity index (χ3n) is 4.13. The molecule has 2 aromatic heterocycles. The van der Waals surface area contributed by atoms with Crippen LogP contribution in [0.1, 0.15) is 27.2 Å². The highest BCUT2D eigenvalue weighted by Crippen LogP contribution is 2.24. The number of phenolic OH excluding ortho intramolecular Hbond substituents is 1. The Balaban J connectivity index is 1.66. The van der Waals surface area contributed by atoms with Gasteiger partial charge in [0.25, 0.3) is 0 Å². The summed E-state index contributed by atoms with van der Waals surface area (Å²) in [7, 11) is 0. The third kappa shape index (κ3) is 3.09. The smallest absolute Gasteiger partial charge is 0.152 e. The molecule has 0 radical (unpaired) electrons. The number of fused-ring (bicyclic) bond motifs is 1. The number of aryl methyl sites for hydroxylation is 1. The van der Waals surface area contributed by atoms with E-state index in [0.717, 1.165) is 22.9 Å². The first-order valence-electron chi connectivity index (χ1n) is 7.72. The molecule has 24 heavy (non-hydrogen) atoms. The van der Waals surface area contributed by atoms with Gasteiger partial charge in [-0.25, -0.2) is 0 Å². The predicted molar refractivity (Wildman–Crippen MR) is 91.4 cm³/mol. The summed E-state index contributed by atoms with van der Waals surface area (Å²) in [6.07, 6.45) is 4.86. The SMILES string of the molecule is Cc1ncc(C=O)c(CNCCc2c[nH]c3ccc(O)cc23)c1O. The number of carbonyl (C=O) groups is 1. The van der Waals surface area contributed by atoms with Gasteiger partial charge in [0.2, 0.25) is 0 Å². The number of carbonyl (C=O) groups excluding carboxylic acids is 1. The number of aldehydes is 1. The van der Waals surface area contributed by atoms with Crippen molar-refractivity contribution in [2.75, 3.05) is 6.54 Å². The molecule has 6 nitrogen and oxygen atoms in total. The summed E-state index contributed by atoms with van der Waals surface area (Å²) in [6, 6.07) is 5.23. The summed E-state index contributed by atoms with van der Waals surface area (Å²) in [5.74, 6) is 0.299. The van der Waals surface area contributed by atoms with E-state index in [2.05, 4.69) is 15.3 Å². The Morgan fingerprint density at radius 3 is 2.96 bits per heavy atom. The lowest BCUT2D eigenvalue weighted by Crippen LogP contribution is -2.18. The molecule has 1 aromatic carbocycles. The van der Waals surface area contributed by atoms with Crippen LogP contribution in [0.2, 0.25) is 0 Å². The molecule has 4 N–H and O–H groups in total. The van der Waals surface area contributed by atoms with Gasteiger partial charge in [-0.05, 0) is 43.7 Å². The fourth-order valence-electron chi connectivity index (χ4n) is 2.76. The van der Waals surface area contributed by atoms with E-state index in [-0.39, 0.29) is 11.5 Å². The van der Waals surface area contributed by atoms with E-state index in [4.69, 9.17) is 0 Å². The summed E-state index contributed by atoms with van der Waals surface area (Å²) >= 11 is 0. The number of hydrogen-bond donors (Lipinski definition) is 4. The molecule has 124 valence electrons. The number of H-pyrrole nitrogens is 1. The van der Waals surface area contributed by atoms with E-state index < -0.39 is 0 Å². The van der Waals surface area contributed by atoms with Crippen molar-refractivity contribution < 1.29 is 15.0 Å². The summed E-state index contributed by atoms with van der Waals surface area (Å²) in [5.41, 5.74) is 3.54. The van der Waals surface area contributed by atoms with E-state index in [0.29, 0.717) is 36.2 Å². The average Bonchev–Trinajstić information content (AvgIpc) is 2.97. The Morgan fingerprint density at radius 2 is 2.17 bits per heavy atom. The van der Waals surface area contributed by atoms with Gasteiger partial charge in [-0.3, -0.25) is 9.78 Å². The largest absolute Gasteiger partial charge is 0.508 e. The molecule has 0 amide bonds. The van der Waals surface area contributed by atoms with Gasteiger partial charge >= 0.3 is 0 Å².